The van der Waals surface area contributed by atoms with Gasteiger partial charge in [0.15, 0.2) is 0 Å². The SMILES string of the molecule is COCCO[C@H]1CC[C@H](NC(=O)c2cc(-c3ncc[nH]3)cc3cc[nH]c23)CC1. The Balaban J connectivity index is 1.44. The summed E-state index contributed by atoms with van der Waals surface area (Å²) < 4.78 is 10.8. The maximum absolute atomic E-state index is 13.0. The molecule has 1 fully saturated rings. The quantitative estimate of drug-likeness (QED) is 0.547. The number of fused-ring (bicyclic) bond motifs is 1. The summed E-state index contributed by atoms with van der Waals surface area (Å²) in [6.07, 6.45) is 9.38. The van der Waals surface area contributed by atoms with Crippen LogP contribution < -0.4 is 5.32 Å². The van der Waals surface area contributed by atoms with Crippen LogP contribution in [0.25, 0.3) is 22.3 Å². The van der Waals surface area contributed by atoms with Crippen molar-refractivity contribution in [3.8, 4) is 11.4 Å². The molecule has 1 aliphatic carbocycles. The van der Waals surface area contributed by atoms with Crippen LogP contribution in [0.15, 0.2) is 36.8 Å². The lowest BCUT2D eigenvalue weighted by molar-refractivity contribution is -0.00408. The molecule has 7 nitrogen and oxygen atoms in total. The molecule has 148 valence electrons. The second kappa shape index (κ2) is 8.58. The molecule has 2 aromatic heterocycles. The maximum atomic E-state index is 13.0. The number of hydrogen-bond donors (Lipinski definition) is 3. The van der Waals surface area contributed by atoms with Crippen LogP contribution in [0.2, 0.25) is 0 Å². The molecule has 1 aliphatic rings. The van der Waals surface area contributed by atoms with Crippen molar-refractivity contribution in [1.82, 2.24) is 20.3 Å². The smallest absolute Gasteiger partial charge is 0.253 e. The van der Waals surface area contributed by atoms with Crippen molar-refractivity contribution in [3.63, 3.8) is 0 Å². The van der Waals surface area contributed by atoms with E-state index in [4.69, 9.17) is 9.47 Å². The Morgan fingerprint density at radius 3 is 2.79 bits per heavy atom. The number of amides is 1. The molecule has 1 aromatic carbocycles. The van der Waals surface area contributed by atoms with Gasteiger partial charge in [-0.3, -0.25) is 4.79 Å². The van der Waals surface area contributed by atoms with Crippen molar-refractivity contribution in [2.75, 3.05) is 20.3 Å². The van der Waals surface area contributed by atoms with Gasteiger partial charge in [-0.15, -0.1) is 0 Å². The zero-order valence-electron chi connectivity index (χ0n) is 16.0. The Morgan fingerprint density at radius 2 is 2.04 bits per heavy atom. The molecule has 4 rings (SSSR count). The lowest BCUT2D eigenvalue weighted by atomic mass is 9.92. The van der Waals surface area contributed by atoms with Gasteiger partial charge >= 0.3 is 0 Å². The van der Waals surface area contributed by atoms with E-state index in [9.17, 15) is 4.79 Å². The van der Waals surface area contributed by atoms with Crippen molar-refractivity contribution in [2.24, 2.45) is 0 Å². The zero-order chi connectivity index (χ0) is 19.3. The summed E-state index contributed by atoms with van der Waals surface area (Å²) in [4.78, 5) is 23.6. The molecule has 7 heteroatoms. The summed E-state index contributed by atoms with van der Waals surface area (Å²) in [5.41, 5.74) is 2.40. The van der Waals surface area contributed by atoms with Crippen molar-refractivity contribution in [2.45, 2.75) is 37.8 Å². The Morgan fingerprint density at radius 1 is 1.18 bits per heavy atom. The zero-order valence-corrected chi connectivity index (χ0v) is 16.0. The van der Waals surface area contributed by atoms with Gasteiger partial charge in [0.05, 0.1) is 30.4 Å². The third kappa shape index (κ3) is 4.10. The largest absolute Gasteiger partial charge is 0.382 e. The van der Waals surface area contributed by atoms with Crippen LogP contribution >= 0.6 is 0 Å². The van der Waals surface area contributed by atoms with Gasteiger partial charge in [-0.1, -0.05) is 0 Å². The second-order valence-corrected chi connectivity index (χ2v) is 7.21. The van der Waals surface area contributed by atoms with E-state index in [1.165, 1.54) is 0 Å². The highest BCUT2D eigenvalue weighted by Crippen LogP contribution is 2.26. The number of aromatic nitrogens is 3. The number of carbonyl (C=O) groups excluding carboxylic acids is 1. The molecule has 0 aliphatic heterocycles. The molecule has 0 spiro atoms. The first-order valence-corrected chi connectivity index (χ1v) is 9.77. The monoisotopic (exact) mass is 382 g/mol. The van der Waals surface area contributed by atoms with E-state index in [2.05, 4.69) is 20.3 Å². The first-order chi connectivity index (χ1) is 13.7. The van der Waals surface area contributed by atoms with Crippen LogP contribution in [0, 0.1) is 0 Å². The standard InChI is InChI=1S/C21H26N4O3/c1-27-10-11-28-17-4-2-16(3-5-17)25-21(26)18-13-15(20-23-8-9-24-20)12-14-6-7-22-19(14)18/h6-9,12-13,16-17,22H,2-5,10-11H2,1H3,(H,23,24)(H,25,26)/t16-,17-. The van der Waals surface area contributed by atoms with Gasteiger partial charge in [0.2, 0.25) is 0 Å². The van der Waals surface area contributed by atoms with Crippen molar-refractivity contribution in [3.05, 3.63) is 42.4 Å². The molecule has 0 radical (unpaired) electrons. The normalized spacial score (nSPS) is 19.8. The summed E-state index contributed by atoms with van der Waals surface area (Å²) in [6, 6.07) is 6.07. The van der Waals surface area contributed by atoms with E-state index >= 15 is 0 Å². The molecule has 0 saturated heterocycles. The van der Waals surface area contributed by atoms with E-state index in [1.54, 1.807) is 19.5 Å². The number of ether oxygens (including phenoxy) is 2. The molecule has 28 heavy (non-hydrogen) atoms. The van der Waals surface area contributed by atoms with Gasteiger partial charge in [0.1, 0.15) is 5.82 Å². The van der Waals surface area contributed by atoms with Crippen LogP contribution in [-0.4, -0.2) is 53.3 Å². The molecule has 0 bridgehead atoms. The highest BCUT2D eigenvalue weighted by Gasteiger charge is 2.24. The number of methoxy groups -OCH3 is 1. The van der Waals surface area contributed by atoms with Gasteiger partial charge in [0, 0.05) is 42.7 Å². The van der Waals surface area contributed by atoms with E-state index in [1.807, 2.05) is 24.4 Å². The van der Waals surface area contributed by atoms with Crippen LogP contribution in [0.1, 0.15) is 36.0 Å². The Hall–Kier alpha value is -2.64. The average molecular weight is 382 g/mol. The highest BCUT2D eigenvalue weighted by molar-refractivity contribution is 6.07. The fourth-order valence-electron chi connectivity index (χ4n) is 3.85. The molecule has 3 aromatic rings. The summed E-state index contributed by atoms with van der Waals surface area (Å²) in [7, 11) is 1.68. The molecular formula is C21H26N4O3. The van der Waals surface area contributed by atoms with Crippen LogP contribution in [0.5, 0.6) is 0 Å². The lowest BCUT2D eigenvalue weighted by Gasteiger charge is -2.29. The predicted molar refractivity (Wildman–Crippen MR) is 107 cm³/mol. The van der Waals surface area contributed by atoms with Crippen molar-refractivity contribution < 1.29 is 14.3 Å². The summed E-state index contributed by atoms with van der Waals surface area (Å²) in [5.74, 6) is 0.704. The predicted octanol–water partition coefficient (Wildman–Crippen LogP) is 3.26. The third-order valence-corrected chi connectivity index (χ3v) is 5.33. The van der Waals surface area contributed by atoms with Crippen LogP contribution in [-0.2, 0) is 9.47 Å². The minimum absolute atomic E-state index is 0.0513. The third-order valence-electron chi connectivity index (χ3n) is 5.33. The number of aromatic amines is 2. The number of benzene rings is 1. The van der Waals surface area contributed by atoms with E-state index < -0.39 is 0 Å². The molecule has 0 atom stereocenters. The number of imidazole rings is 1. The van der Waals surface area contributed by atoms with E-state index in [0.717, 1.165) is 48.0 Å². The van der Waals surface area contributed by atoms with Gasteiger partial charge < -0.3 is 24.8 Å². The van der Waals surface area contributed by atoms with Gasteiger partial charge in [0.25, 0.3) is 5.91 Å². The molecule has 0 unspecified atom stereocenters. The minimum Gasteiger partial charge on any atom is -0.382 e. The first kappa shape index (κ1) is 18.7. The van der Waals surface area contributed by atoms with Gasteiger partial charge in [-0.05, 0) is 43.9 Å². The van der Waals surface area contributed by atoms with E-state index in [0.29, 0.717) is 18.8 Å². The average Bonchev–Trinajstić information content (AvgIpc) is 3.40. The second-order valence-electron chi connectivity index (χ2n) is 7.21. The number of carbonyl (C=O) groups is 1. The number of nitrogens with zero attached hydrogens (tertiary/aromatic N) is 1. The number of H-pyrrole nitrogens is 2. The number of rotatable bonds is 7. The summed E-state index contributed by atoms with van der Waals surface area (Å²) in [6.45, 7) is 1.25. The number of nitrogens with one attached hydrogen (secondary N) is 3. The highest BCUT2D eigenvalue weighted by atomic mass is 16.5. The summed E-state index contributed by atoms with van der Waals surface area (Å²) >= 11 is 0. The topological polar surface area (TPSA) is 92.0 Å². The van der Waals surface area contributed by atoms with Gasteiger partial charge in [-0.2, -0.15) is 0 Å². The Bertz CT molecular complexity index is 911. The van der Waals surface area contributed by atoms with E-state index in [-0.39, 0.29) is 18.1 Å². The van der Waals surface area contributed by atoms with Crippen LogP contribution in [0.3, 0.4) is 0 Å². The molecular weight excluding hydrogens is 356 g/mol. The minimum atomic E-state index is -0.0513. The fourth-order valence-corrected chi connectivity index (χ4v) is 3.85. The Kier molecular flexibility index (Phi) is 5.73. The summed E-state index contributed by atoms with van der Waals surface area (Å²) in [5, 5.41) is 4.20. The number of hydrogen-bond acceptors (Lipinski definition) is 4. The lowest BCUT2D eigenvalue weighted by Crippen LogP contribution is -2.39. The Labute approximate surface area is 163 Å². The first-order valence-electron chi connectivity index (χ1n) is 9.77. The van der Waals surface area contributed by atoms with Crippen LogP contribution in [0.4, 0.5) is 0 Å². The molecule has 2 heterocycles. The maximum Gasteiger partial charge on any atom is 0.253 e. The molecule has 3 N–H and O–H groups in total. The van der Waals surface area contributed by atoms with Gasteiger partial charge in [-0.25, -0.2) is 4.98 Å². The molecule has 1 amide bonds. The molecule has 1 saturated carbocycles. The fraction of sp³-hybridized carbons (Fsp3) is 0.429. The van der Waals surface area contributed by atoms with Crippen molar-refractivity contribution in [1.29, 1.82) is 0 Å². The van der Waals surface area contributed by atoms with Crippen molar-refractivity contribution >= 4 is 16.8 Å².